The summed E-state index contributed by atoms with van der Waals surface area (Å²) in [6.07, 6.45) is 0.888. The zero-order valence-corrected chi connectivity index (χ0v) is 13.6. The molecule has 2 rings (SSSR count). The molecule has 0 fully saturated rings. The lowest BCUT2D eigenvalue weighted by molar-refractivity contribution is 0.0736. The van der Waals surface area contributed by atoms with Crippen LogP contribution >= 0.6 is 0 Å². The molecule has 0 aliphatic carbocycles. The first-order valence-corrected chi connectivity index (χ1v) is 7.27. The van der Waals surface area contributed by atoms with Gasteiger partial charge in [-0.05, 0) is 67.0 Å². The maximum Gasteiger partial charge on any atom is 0.249 e. The summed E-state index contributed by atoms with van der Waals surface area (Å²) in [5.74, 6) is 0.600. The van der Waals surface area contributed by atoms with Crippen LogP contribution in [0.15, 0.2) is 17.2 Å². The van der Waals surface area contributed by atoms with E-state index < -0.39 is 5.91 Å². The number of carbonyl (C=O) groups is 1. The zero-order chi connectivity index (χ0) is 16.2. The third-order valence-electron chi connectivity index (χ3n) is 3.39. The molecule has 1 aromatic rings. The molecule has 5 nitrogen and oxygen atoms in total. The SMILES string of the molecule is CC.Cc1cc(C(=O)N=[N+]=[N-])cc2c1OC(C)(C)CC2C. The second-order valence-corrected chi connectivity index (χ2v) is 5.67. The Morgan fingerprint density at radius 1 is 1.43 bits per heavy atom. The van der Waals surface area contributed by atoms with Crippen LogP contribution in [0.1, 0.15) is 68.4 Å². The largest absolute Gasteiger partial charge is 0.487 e. The van der Waals surface area contributed by atoms with Gasteiger partial charge in [-0.25, -0.2) is 0 Å². The van der Waals surface area contributed by atoms with Gasteiger partial charge in [-0.3, -0.25) is 4.79 Å². The van der Waals surface area contributed by atoms with Crippen LogP contribution in [0.5, 0.6) is 5.75 Å². The van der Waals surface area contributed by atoms with Crippen molar-refractivity contribution < 1.29 is 9.53 Å². The fourth-order valence-corrected chi connectivity index (χ4v) is 2.69. The number of benzene rings is 1. The molecule has 1 unspecified atom stereocenters. The lowest BCUT2D eigenvalue weighted by Gasteiger charge is -2.37. The number of hydrogen-bond acceptors (Lipinski definition) is 2. The van der Waals surface area contributed by atoms with Gasteiger partial charge in [0.1, 0.15) is 11.4 Å². The van der Waals surface area contributed by atoms with Crippen LogP contribution in [0.25, 0.3) is 10.4 Å². The lowest BCUT2D eigenvalue weighted by atomic mass is 9.84. The summed E-state index contributed by atoms with van der Waals surface area (Å²) in [5, 5.41) is 3.14. The minimum absolute atomic E-state index is 0.201. The van der Waals surface area contributed by atoms with Crippen molar-refractivity contribution in [1.82, 2.24) is 0 Å². The van der Waals surface area contributed by atoms with Crippen molar-refractivity contribution >= 4 is 5.91 Å². The van der Waals surface area contributed by atoms with E-state index in [0.29, 0.717) is 11.5 Å². The lowest BCUT2D eigenvalue weighted by Crippen LogP contribution is -2.34. The number of amides is 1. The van der Waals surface area contributed by atoms with Crippen molar-refractivity contribution in [2.75, 3.05) is 0 Å². The third-order valence-corrected chi connectivity index (χ3v) is 3.39. The molecule has 0 saturated heterocycles. The molecule has 0 saturated carbocycles. The molecule has 1 amide bonds. The number of aryl methyl sites for hydroxylation is 1. The Hall–Kier alpha value is -2.00. The van der Waals surface area contributed by atoms with Crippen molar-refractivity contribution in [2.45, 2.75) is 59.5 Å². The van der Waals surface area contributed by atoms with Gasteiger partial charge in [0.25, 0.3) is 0 Å². The van der Waals surface area contributed by atoms with Gasteiger partial charge in [0.05, 0.1) is 0 Å². The molecular formula is C16H23N3O2. The maximum atomic E-state index is 11.7. The number of ether oxygens (including phenoxy) is 1. The second kappa shape index (κ2) is 6.64. The molecule has 1 aliphatic heterocycles. The van der Waals surface area contributed by atoms with Crippen molar-refractivity contribution in [3.05, 3.63) is 39.3 Å². The summed E-state index contributed by atoms with van der Waals surface area (Å²) < 4.78 is 6.00. The first-order chi connectivity index (χ1) is 9.84. The highest BCUT2D eigenvalue weighted by Crippen LogP contribution is 2.42. The van der Waals surface area contributed by atoms with Gasteiger partial charge in [0.2, 0.25) is 5.91 Å². The monoisotopic (exact) mass is 289 g/mol. The molecule has 0 spiro atoms. The van der Waals surface area contributed by atoms with E-state index >= 15 is 0 Å². The zero-order valence-electron chi connectivity index (χ0n) is 13.6. The quantitative estimate of drug-likeness (QED) is 0.408. The molecule has 1 atom stereocenters. The van der Waals surface area contributed by atoms with E-state index in [2.05, 4.69) is 30.8 Å². The molecule has 0 aromatic heterocycles. The first-order valence-electron chi connectivity index (χ1n) is 7.27. The molecule has 1 heterocycles. The third kappa shape index (κ3) is 3.76. The summed E-state index contributed by atoms with van der Waals surface area (Å²) in [7, 11) is 0. The average molecular weight is 289 g/mol. The van der Waals surface area contributed by atoms with E-state index in [-0.39, 0.29) is 5.60 Å². The van der Waals surface area contributed by atoms with Crippen molar-refractivity contribution in [3.63, 3.8) is 0 Å². The molecule has 21 heavy (non-hydrogen) atoms. The van der Waals surface area contributed by atoms with Gasteiger partial charge in [-0.2, -0.15) is 0 Å². The fraction of sp³-hybridized carbons (Fsp3) is 0.562. The van der Waals surface area contributed by atoms with Gasteiger partial charge in [-0.1, -0.05) is 20.8 Å². The predicted molar refractivity (Wildman–Crippen MR) is 83.7 cm³/mol. The second-order valence-electron chi connectivity index (χ2n) is 5.67. The molecule has 1 aromatic carbocycles. The Morgan fingerprint density at radius 2 is 2.05 bits per heavy atom. The van der Waals surface area contributed by atoms with Crippen LogP contribution in [0.3, 0.4) is 0 Å². The summed E-state index contributed by atoms with van der Waals surface area (Å²) in [5.41, 5.74) is 10.5. The van der Waals surface area contributed by atoms with Crippen molar-refractivity contribution in [2.24, 2.45) is 5.11 Å². The first kappa shape index (κ1) is 17.1. The van der Waals surface area contributed by atoms with Crippen LogP contribution in [-0.2, 0) is 0 Å². The van der Waals surface area contributed by atoms with Crippen LogP contribution in [-0.4, -0.2) is 11.5 Å². The van der Waals surface area contributed by atoms with E-state index in [4.69, 9.17) is 10.3 Å². The summed E-state index contributed by atoms with van der Waals surface area (Å²) in [6, 6.07) is 3.49. The Labute approximate surface area is 125 Å². The molecule has 0 bridgehead atoms. The topological polar surface area (TPSA) is 75.1 Å². The number of nitrogens with zero attached hydrogens (tertiary/aromatic N) is 3. The van der Waals surface area contributed by atoms with Crippen molar-refractivity contribution in [1.29, 1.82) is 0 Å². The minimum atomic E-state index is -0.551. The number of rotatable bonds is 1. The molecule has 114 valence electrons. The van der Waals surface area contributed by atoms with E-state index in [0.717, 1.165) is 23.3 Å². The summed E-state index contributed by atoms with van der Waals surface area (Å²) >= 11 is 0. The average Bonchev–Trinajstić information content (AvgIpc) is 2.41. The van der Waals surface area contributed by atoms with Gasteiger partial charge in [0.15, 0.2) is 0 Å². The number of fused-ring (bicyclic) bond motifs is 1. The molecule has 5 heteroatoms. The van der Waals surface area contributed by atoms with Crippen LogP contribution in [0, 0.1) is 6.92 Å². The molecule has 0 radical (unpaired) electrons. The number of azide groups is 1. The van der Waals surface area contributed by atoms with E-state index in [1.807, 2.05) is 20.8 Å². The minimum Gasteiger partial charge on any atom is -0.487 e. The highest BCUT2D eigenvalue weighted by molar-refractivity contribution is 5.95. The Bertz CT molecular complexity index is 587. The smallest absolute Gasteiger partial charge is 0.249 e. The number of hydrogen-bond donors (Lipinski definition) is 0. The van der Waals surface area contributed by atoms with Gasteiger partial charge >= 0.3 is 0 Å². The Morgan fingerprint density at radius 3 is 2.62 bits per heavy atom. The summed E-state index contributed by atoms with van der Waals surface area (Å²) in [6.45, 7) is 12.1. The molecular weight excluding hydrogens is 266 g/mol. The highest BCUT2D eigenvalue weighted by Gasteiger charge is 2.32. The molecule has 1 aliphatic rings. The maximum absolute atomic E-state index is 11.7. The van der Waals surface area contributed by atoms with Gasteiger partial charge < -0.3 is 4.74 Å². The van der Waals surface area contributed by atoms with Crippen LogP contribution in [0.4, 0.5) is 0 Å². The predicted octanol–water partition coefficient (Wildman–Crippen LogP) is 5.14. The Balaban J connectivity index is 0.00000106. The van der Waals surface area contributed by atoms with Crippen molar-refractivity contribution in [3.8, 4) is 5.75 Å². The Kier molecular flexibility index (Phi) is 5.39. The van der Waals surface area contributed by atoms with Gasteiger partial charge in [0, 0.05) is 10.5 Å². The highest BCUT2D eigenvalue weighted by atomic mass is 16.5. The van der Waals surface area contributed by atoms with Crippen LogP contribution < -0.4 is 4.74 Å². The van der Waals surface area contributed by atoms with E-state index in [1.165, 1.54) is 0 Å². The standard InChI is InChI=1S/C14H17N3O2.C2H6/c1-8-5-10(13(18)16-17-15)6-11-9(2)7-14(3,4)19-12(8)11;1-2/h5-6,9H,7H2,1-4H3;1-2H3. The van der Waals surface area contributed by atoms with E-state index in [1.54, 1.807) is 12.1 Å². The van der Waals surface area contributed by atoms with E-state index in [9.17, 15) is 4.79 Å². The summed E-state index contributed by atoms with van der Waals surface area (Å²) in [4.78, 5) is 14.2. The normalized spacial score (nSPS) is 18.3. The molecule has 0 N–H and O–H groups in total. The van der Waals surface area contributed by atoms with Gasteiger partial charge in [-0.15, -0.1) is 0 Å². The van der Waals surface area contributed by atoms with Crippen LogP contribution in [0.2, 0.25) is 0 Å². The fourth-order valence-electron chi connectivity index (χ4n) is 2.69. The number of carbonyl (C=O) groups excluding carboxylic acids is 1.